The van der Waals surface area contributed by atoms with Crippen molar-refractivity contribution < 1.29 is 9.59 Å². The molecule has 0 bridgehead atoms. The van der Waals surface area contributed by atoms with Crippen LogP contribution in [0.2, 0.25) is 5.02 Å². The Morgan fingerprint density at radius 2 is 1.82 bits per heavy atom. The number of aromatic nitrogens is 2. The van der Waals surface area contributed by atoms with E-state index in [9.17, 15) is 9.59 Å². The van der Waals surface area contributed by atoms with Crippen LogP contribution in [0.4, 0.5) is 5.82 Å². The number of hydrogen-bond donors (Lipinski definition) is 1. The number of halogens is 1. The van der Waals surface area contributed by atoms with Gasteiger partial charge in [-0.25, -0.2) is 9.97 Å². The number of carbonyl (C=O) groups excluding carboxylic acids is 2. The van der Waals surface area contributed by atoms with Crippen molar-refractivity contribution in [3.63, 3.8) is 0 Å². The summed E-state index contributed by atoms with van der Waals surface area (Å²) in [5.74, 6) is 0.333. The second kappa shape index (κ2) is 10.3. The Bertz CT molecular complexity index is 1040. The van der Waals surface area contributed by atoms with Crippen LogP contribution in [0, 0.1) is 6.92 Å². The first-order valence-electron chi connectivity index (χ1n) is 12.0. The molecule has 0 spiro atoms. The van der Waals surface area contributed by atoms with Crippen LogP contribution >= 0.6 is 11.6 Å². The highest BCUT2D eigenvalue weighted by molar-refractivity contribution is 6.30. The molecule has 2 N–H and O–H groups in total. The lowest BCUT2D eigenvalue weighted by atomic mass is 9.96. The van der Waals surface area contributed by atoms with Crippen LogP contribution in [0.3, 0.4) is 0 Å². The van der Waals surface area contributed by atoms with Gasteiger partial charge in [-0.1, -0.05) is 18.5 Å². The molecule has 0 unspecified atom stereocenters. The monoisotopic (exact) mass is 484 g/mol. The number of hydrogen-bond acceptors (Lipinski definition) is 6. The number of piperidine rings is 1. The quantitative estimate of drug-likeness (QED) is 0.700. The largest absolute Gasteiger partial charge is 0.364 e. The van der Waals surface area contributed by atoms with E-state index in [2.05, 4.69) is 33.6 Å². The molecule has 2 aliphatic rings. The van der Waals surface area contributed by atoms with Gasteiger partial charge in [0.25, 0.3) is 11.8 Å². The van der Waals surface area contributed by atoms with Gasteiger partial charge < -0.3 is 15.5 Å². The Kier molecular flexibility index (Phi) is 7.38. The van der Waals surface area contributed by atoms with Crippen molar-refractivity contribution in [3.05, 3.63) is 52.4 Å². The third-order valence-electron chi connectivity index (χ3n) is 7.11. The summed E-state index contributed by atoms with van der Waals surface area (Å²) >= 11 is 5.96. The van der Waals surface area contributed by atoms with Crippen LogP contribution in [0.5, 0.6) is 0 Å². The minimum atomic E-state index is -0.563. The van der Waals surface area contributed by atoms with Crippen molar-refractivity contribution in [1.82, 2.24) is 19.8 Å². The topological polar surface area (TPSA) is 95.7 Å². The molecule has 2 fully saturated rings. The minimum Gasteiger partial charge on any atom is -0.364 e. The van der Waals surface area contributed by atoms with E-state index in [0.29, 0.717) is 22.7 Å². The standard InChI is InChI=1S/C25H33ClN6O2/c1-4-20-15-31(24-17(3)29-22(13-28-24)23(27)33)16(2)14-32(20)21-9-11-30(12-10-21)25(34)18-5-7-19(26)8-6-18/h5-8,13,16,20-21H,4,9-12,14-15H2,1-3H3,(H2,27,33)/t16-,20-/m0/s1. The van der Waals surface area contributed by atoms with Gasteiger partial charge in [0.2, 0.25) is 0 Å². The van der Waals surface area contributed by atoms with E-state index >= 15 is 0 Å². The maximum absolute atomic E-state index is 12.9. The number of likely N-dealkylation sites (tertiary alicyclic amines) is 1. The molecule has 2 atom stereocenters. The zero-order valence-electron chi connectivity index (χ0n) is 20.1. The zero-order chi connectivity index (χ0) is 24.4. The van der Waals surface area contributed by atoms with E-state index in [1.165, 1.54) is 6.20 Å². The number of primary amides is 1. The molecule has 0 radical (unpaired) electrons. The summed E-state index contributed by atoms with van der Waals surface area (Å²) in [4.78, 5) is 40.1. The summed E-state index contributed by atoms with van der Waals surface area (Å²) in [7, 11) is 0. The van der Waals surface area contributed by atoms with Gasteiger partial charge in [0.1, 0.15) is 11.5 Å². The average molecular weight is 485 g/mol. The Labute approximate surface area is 206 Å². The van der Waals surface area contributed by atoms with Crippen LogP contribution in [0.1, 0.15) is 59.7 Å². The SMILES string of the molecule is CC[C@H]1CN(c2ncc(C(N)=O)nc2C)[C@@H](C)CN1C1CCN(C(=O)c2ccc(Cl)cc2)CC1. The molecular weight excluding hydrogens is 452 g/mol. The molecule has 4 rings (SSSR count). The van der Waals surface area contributed by atoms with Crippen molar-refractivity contribution in [2.75, 3.05) is 31.1 Å². The summed E-state index contributed by atoms with van der Waals surface area (Å²) in [6.45, 7) is 9.61. The van der Waals surface area contributed by atoms with Crippen LogP contribution < -0.4 is 10.6 Å². The molecule has 182 valence electrons. The van der Waals surface area contributed by atoms with E-state index in [4.69, 9.17) is 17.3 Å². The van der Waals surface area contributed by atoms with Gasteiger partial charge in [-0.15, -0.1) is 0 Å². The predicted octanol–water partition coefficient (Wildman–Crippen LogP) is 3.13. The van der Waals surface area contributed by atoms with Gasteiger partial charge in [-0.05, 0) is 57.4 Å². The normalized spacial score (nSPS) is 22.1. The molecule has 34 heavy (non-hydrogen) atoms. The molecule has 0 aliphatic carbocycles. The minimum absolute atomic E-state index is 0.0776. The Morgan fingerprint density at radius 1 is 1.15 bits per heavy atom. The summed E-state index contributed by atoms with van der Waals surface area (Å²) in [6.07, 6.45) is 4.43. The number of anilines is 1. The lowest BCUT2D eigenvalue weighted by Crippen LogP contribution is -2.62. The Morgan fingerprint density at radius 3 is 2.41 bits per heavy atom. The lowest BCUT2D eigenvalue weighted by molar-refractivity contribution is 0.0434. The number of carbonyl (C=O) groups is 2. The number of benzene rings is 1. The van der Waals surface area contributed by atoms with E-state index in [-0.39, 0.29) is 17.6 Å². The predicted molar refractivity (Wildman–Crippen MR) is 133 cm³/mol. The van der Waals surface area contributed by atoms with Crippen LogP contribution in [0.15, 0.2) is 30.5 Å². The third-order valence-corrected chi connectivity index (χ3v) is 7.36. The molecule has 2 aliphatic heterocycles. The molecule has 2 amide bonds. The van der Waals surface area contributed by atoms with E-state index in [1.807, 2.05) is 11.8 Å². The first kappa shape index (κ1) is 24.4. The molecular formula is C25H33ClN6O2. The van der Waals surface area contributed by atoms with Crippen molar-refractivity contribution >= 4 is 29.2 Å². The molecule has 8 nitrogen and oxygen atoms in total. The number of amides is 2. The Balaban J connectivity index is 1.41. The second-order valence-corrected chi connectivity index (χ2v) is 9.76. The van der Waals surface area contributed by atoms with Gasteiger partial charge in [-0.3, -0.25) is 14.5 Å². The third kappa shape index (κ3) is 5.03. The molecule has 9 heteroatoms. The smallest absolute Gasteiger partial charge is 0.268 e. The van der Waals surface area contributed by atoms with Crippen LogP contribution in [-0.2, 0) is 0 Å². The first-order valence-corrected chi connectivity index (χ1v) is 12.4. The van der Waals surface area contributed by atoms with E-state index in [1.54, 1.807) is 24.3 Å². The fraction of sp³-hybridized carbons (Fsp3) is 0.520. The average Bonchev–Trinajstić information content (AvgIpc) is 2.84. The number of nitrogens with two attached hydrogens (primary N) is 1. The van der Waals surface area contributed by atoms with Gasteiger partial charge in [0.05, 0.1) is 11.9 Å². The maximum Gasteiger partial charge on any atom is 0.268 e. The highest BCUT2D eigenvalue weighted by Gasteiger charge is 2.37. The first-order chi connectivity index (χ1) is 16.3. The molecule has 2 saturated heterocycles. The van der Waals surface area contributed by atoms with Crippen LogP contribution in [0.25, 0.3) is 0 Å². The molecule has 0 saturated carbocycles. The van der Waals surface area contributed by atoms with Gasteiger partial charge in [0.15, 0.2) is 0 Å². The molecule has 1 aromatic carbocycles. The van der Waals surface area contributed by atoms with Crippen molar-refractivity contribution in [3.8, 4) is 0 Å². The van der Waals surface area contributed by atoms with E-state index < -0.39 is 5.91 Å². The number of nitrogens with zero attached hydrogens (tertiary/aromatic N) is 5. The fourth-order valence-electron chi connectivity index (χ4n) is 5.22. The fourth-order valence-corrected chi connectivity index (χ4v) is 5.35. The summed E-state index contributed by atoms with van der Waals surface area (Å²) in [6, 6.07) is 8.22. The van der Waals surface area contributed by atoms with Gasteiger partial charge in [0, 0.05) is 54.9 Å². The summed E-state index contributed by atoms with van der Waals surface area (Å²) in [5.41, 5.74) is 6.97. The molecule has 3 heterocycles. The van der Waals surface area contributed by atoms with Gasteiger partial charge >= 0.3 is 0 Å². The number of piperazine rings is 1. The molecule has 1 aromatic heterocycles. The number of rotatable bonds is 5. The van der Waals surface area contributed by atoms with E-state index in [0.717, 1.165) is 57.0 Å². The van der Waals surface area contributed by atoms with Crippen LogP contribution in [-0.4, -0.2) is 75.9 Å². The van der Waals surface area contributed by atoms with Crippen molar-refractivity contribution in [2.24, 2.45) is 5.73 Å². The summed E-state index contributed by atoms with van der Waals surface area (Å²) < 4.78 is 0. The highest BCUT2D eigenvalue weighted by Crippen LogP contribution is 2.29. The molecule has 2 aromatic rings. The van der Waals surface area contributed by atoms with Crippen molar-refractivity contribution in [1.29, 1.82) is 0 Å². The highest BCUT2D eigenvalue weighted by atomic mass is 35.5. The number of aryl methyl sites for hydroxylation is 1. The Hall–Kier alpha value is -2.71. The van der Waals surface area contributed by atoms with Crippen molar-refractivity contribution in [2.45, 2.75) is 58.2 Å². The lowest BCUT2D eigenvalue weighted by Gasteiger charge is -2.50. The second-order valence-electron chi connectivity index (χ2n) is 9.32. The zero-order valence-corrected chi connectivity index (χ0v) is 20.8. The van der Waals surface area contributed by atoms with Gasteiger partial charge in [-0.2, -0.15) is 0 Å². The summed E-state index contributed by atoms with van der Waals surface area (Å²) in [5, 5.41) is 0.638. The maximum atomic E-state index is 12.9.